The third-order valence-corrected chi connectivity index (χ3v) is 5.69. The van der Waals surface area contributed by atoms with E-state index in [2.05, 4.69) is 10.1 Å². The molecular formula is C13H15Cl3N2O7S. The van der Waals surface area contributed by atoms with E-state index in [1.54, 1.807) is 0 Å². The van der Waals surface area contributed by atoms with Crippen LogP contribution in [0.1, 0.15) is 13.8 Å². The second-order valence-electron chi connectivity index (χ2n) is 5.79. The van der Waals surface area contributed by atoms with Gasteiger partial charge < -0.3 is 24.8 Å². The van der Waals surface area contributed by atoms with Crippen molar-refractivity contribution in [2.45, 2.75) is 34.0 Å². The van der Waals surface area contributed by atoms with E-state index >= 15 is 0 Å². The summed E-state index contributed by atoms with van der Waals surface area (Å²) < 4.78 is 7.84. The fourth-order valence-electron chi connectivity index (χ4n) is 2.70. The molecule has 2 N–H and O–H groups in total. The van der Waals surface area contributed by atoms with Crippen molar-refractivity contribution < 1.29 is 33.8 Å². The topological polar surface area (TPSA) is 122 Å². The average Bonchev–Trinajstić information content (AvgIpc) is 2.80. The molecule has 2 heterocycles. The molecular weight excluding hydrogens is 435 g/mol. The number of thioether (sulfide) groups is 1. The lowest BCUT2D eigenvalue weighted by molar-refractivity contribution is -0.158. The maximum absolute atomic E-state index is 12.3. The highest BCUT2D eigenvalue weighted by atomic mass is 35.6. The van der Waals surface area contributed by atoms with Crippen molar-refractivity contribution in [3.8, 4) is 0 Å². The molecule has 9 nitrogen and oxygen atoms in total. The number of carbonyl (C=O) groups is 4. The van der Waals surface area contributed by atoms with Crippen LogP contribution in [0.3, 0.4) is 0 Å². The van der Waals surface area contributed by atoms with Crippen molar-refractivity contribution >= 4 is 70.5 Å². The molecule has 13 heteroatoms. The van der Waals surface area contributed by atoms with Gasteiger partial charge in [-0.1, -0.05) is 46.6 Å². The third-order valence-electron chi connectivity index (χ3n) is 3.76. The molecule has 0 radical (unpaired) electrons. The van der Waals surface area contributed by atoms with Crippen LogP contribution in [0.15, 0.2) is 0 Å². The van der Waals surface area contributed by atoms with Crippen molar-refractivity contribution in [3.63, 3.8) is 0 Å². The van der Waals surface area contributed by atoms with E-state index in [0.29, 0.717) is 0 Å². The summed E-state index contributed by atoms with van der Waals surface area (Å²) in [5.74, 6) is -2.98. The first-order chi connectivity index (χ1) is 11.9. The number of ether oxygens (including phenoxy) is 2. The van der Waals surface area contributed by atoms with E-state index in [9.17, 15) is 24.3 Å². The number of fused-ring (bicyclic) bond motifs is 1. The Labute approximate surface area is 167 Å². The molecule has 0 bridgehead atoms. The number of β-lactam (4-membered cyclic amide) rings is 1. The minimum atomic E-state index is -1.80. The minimum absolute atomic E-state index is 0.184. The van der Waals surface area contributed by atoms with E-state index in [-0.39, 0.29) is 6.54 Å². The van der Waals surface area contributed by atoms with E-state index in [1.807, 2.05) is 0 Å². The summed E-state index contributed by atoms with van der Waals surface area (Å²) in [5, 5.41) is 11.3. The number of rotatable bonds is 5. The zero-order valence-corrected chi connectivity index (χ0v) is 16.6. The maximum Gasteiger partial charge on any atom is 0.508 e. The Bertz CT molecular complexity index is 644. The van der Waals surface area contributed by atoms with Crippen LogP contribution in [-0.2, 0) is 23.9 Å². The lowest BCUT2D eigenvalue weighted by atomic mass is 9.92. The highest BCUT2D eigenvalue weighted by molar-refractivity contribution is 8.02. The fraction of sp³-hybridized carbons (Fsp3) is 0.692. The Hall–Kier alpha value is -1.10. The van der Waals surface area contributed by atoms with Crippen molar-refractivity contribution in [2.75, 3.05) is 13.2 Å². The first-order valence-corrected chi connectivity index (χ1v) is 9.28. The number of nitrogens with zero attached hydrogens (tertiary/aromatic N) is 1. The molecule has 26 heavy (non-hydrogen) atoms. The standard InChI is InChI=1S/C13H15Cl3N2O7S/c1-5(25-11(23)24-4-13(14,15)16)7-8(20)18-3-12(10(21)22,17-6(2)19)26-9(7)18/h5,7,9H,3-4H2,1-2H3,(H,17,19)(H,21,22)/t5?,7-,9+,12?/m0/s1. The first kappa shape index (κ1) is 21.2. The molecule has 0 saturated carbocycles. The van der Waals surface area contributed by atoms with E-state index in [4.69, 9.17) is 39.5 Å². The number of carboxylic acid groups (broad SMARTS) is 1. The smallest absolute Gasteiger partial charge is 0.479 e. The van der Waals surface area contributed by atoms with Crippen LogP contribution in [0.4, 0.5) is 4.79 Å². The number of hydrogen-bond donors (Lipinski definition) is 2. The second kappa shape index (κ2) is 7.49. The molecule has 0 aromatic rings. The van der Waals surface area contributed by atoms with Gasteiger partial charge in [0.1, 0.15) is 18.6 Å². The summed E-state index contributed by atoms with van der Waals surface area (Å²) in [7, 11) is 0. The summed E-state index contributed by atoms with van der Waals surface area (Å²) in [6, 6.07) is 0. The van der Waals surface area contributed by atoms with Gasteiger partial charge >= 0.3 is 12.1 Å². The van der Waals surface area contributed by atoms with E-state index < -0.39 is 56.6 Å². The summed E-state index contributed by atoms with van der Waals surface area (Å²) in [6.45, 7) is 1.94. The van der Waals surface area contributed by atoms with Gasteiger partial charge in [0.2, 0.25) is 20.5 Å². The first-order valence-electron chi connectivity index (χ1n) is 7.27. The highest BCUT2D eigenvalue weighted by Crippen LogP contribution is 2.50. The molecule has 0 aromatic heterocycles. The predicted octanol–water partition coefficient (Wildman–Crippen LogP) is 1.35. The number of aliphatic carboxylic acids is 1. The van der Waals surface area contributed by atoms with Gasteiger partial charge in [0.25, 0.3) is 0 Å². The van der Waals surface area contributed by atoms with Gasteiger partial charge in [0, 0.05) is 6.92 Å². The fourth-order valence-corrected chi connectivity index (χ4v) is 4.58. The van der Waals surface area contributed by atoms with Crippen LogP contribution < -0.4 is 5.32 Å². The number of halogens is 3. The lowest BCUT2D eigenvalue weighted by Crippen LogP contribution is -2.61. The van der Waals surface area contributed by atoms with E-state index in [0.717, 1.165) is 11.8 Å². The van der Waals surface area contributed by atoms with Gasteiger partial charge in [0.05, 0.1) is 11.9 Å². The molecule has 2 fully saturated rings. The van der Waals surface area contributed by atoms with Crippen LogP contribution in [-0.4, -0.2) is 67.2 Å². The summed E-state index contributed by atoms with van der Waals surface area (Å²) in [4.78, 5) is 46.5. The Morgan fingerprint density at radius 3 is 2.58 bits per heavy atom. The van der Waals surface area contributed by atoms with Gasteiger partial charge in [-0.2, -0.15) is 0 Å². The van der Waals surface area contributed by atoms with Crippen LogP contribution in [0.25, 0.3) is 0 Å². The van der Waals surface area contributed by atoms with Gasteiger partial charge in [-0.25, -0.2) is 9.59 Å². The number of amides is 2. The van der Waals surface area contributed by atoms with Gasteiger partial charge in [-0.15, -0.1) is 0 Å². The summed E-state index contributed by atoms with van der Waals surface area (Å²) in [5.41, 5.74) is 0. The molecule has 0 spiro atoms. The number of nitrogens with one attached hydrogen (secondary N) is 1. The molecule has 4 atom stereocenters. The Balaban J connectivity index is 2.00. The molecule has 2 saturated heterocycles. The Morgan fingerprint density at radius 1 is 1.46 bits per heavy atom. The number of alkyl halides is 3. The van der Waals surface area contributed by atoms with Gasteiger partial charge in [0.15, 0.2) is 0 Å². The highest BCUT2D eigenvalue weighted by Gasteiger charge is 2.64. The van der Waals surface area contributed by atoms with Gasteiger partial charge in [-0.05, 0) is 6.92 Å². The molecule has 0 aliphatic carbocycles. The SMILES string of the molecule is CC(=O)NC1(C(=O)O)CN2C(=O)[C@H](C(C)OC(=O)OCC(Cl)(Cl)Cl)[C@H]2S1. The average molecular weight is 450 g/mol. The number of carboxylic acids is 1. The zero-order valence-electron chi connectivity index (χ0n) is 13.5. The summed E-state index contributed by atoms with van der Waals surface area (Å²) >= 11 is 17.3. The molecule has 2 unspecified atom stereocenters. The van der Waals surface area contributed by atoms with Crippen molar-refractivity contribution in [2.24, 2.45) is 5.92 Å². The largest absolute Gasteiger partial charge is 0.508 e. The molecule has 2 rings (SSSR count). The Kier molecular flexibility index (Phi) is 6.11. The minimum Gasteiger partial charge on any atom is -0.479 e. The van der Waals surface area contributed by atoms with Crippen LogP contribution in [0.2, 0.25) is 0 Å². The zero-order chi connectivity index (χ0) is 19.9. The molecule has 0 aromatic carbocycles. The number of carbonyl (C=O) groups excluding carboxylic acids is 3. The molecule has 146 valence electrons. The Morgan fingerprint density at radius 2 is 2.08 bits per heavy atom. The number of hydrogen-bond acceptors (Lipinski definition) is 7. The van der Waals surface area contributed by atoms with Crippen LogP contribution in [0.5, 0.6) is 0 Å². The monoisotopic (exact) mass is 448 g/mol. The molecule has 2 aliphatic rings. The maximum atomic E-state index is 12.3. The van der Waals surface area contributed by atoms with Crippen LogP contribution in [0, 0.1) is 5.92 Å². The molecule has 2 amide bonds. The lowest BCUT2D eigenvalue weighted by Gasteiger charge is -2.43. The van der Waals surface area contributed by atoms with Crippen molar-refractivity contribution in [3.05, 3.63) is 0 Å². The van der Waals surface area contributed by atoms with Crippen molar-refractivity contribution in [1.82, 2.24) is 10.2 Å². The normalized spacial score (nSPS) is 28.7. The quantitative estimate of drug-likeness (QED) is 0.366. The second-order valence-corrected chi connectivity index (χ2v) is 9.72. The molecule has 2 aliphatic heterocycles. The third kappa shape index (κ3) is 4.41. The van der Waals surface area contributed by atoms with E-state index in [1.165, 1.54) is 18.7 Å². The summed E-state index contributed by atoms with van der Waals surface area (Å²) in [6.07, 6.45) is -2.02. The van der Waals surface area contributed by atoms with Gasteiger partial charge in [-0.3, -0.25) is 9.59 Å². The van der Waals surface area contributed by atoms with Crippen molar-refractivity contribution in [1.29, 1.82) is 0 Å². The predicted molar refractivity (Wildman–Crippen MR) is 93.0 cm³/mol. The van der Waals surface area contributed by atoms with Crippen LogP contribution >= 0.6 is 46.6 Å².